The van der Waals surface area contributed by atoms with E-state index in [4.69, 9.17) is 4.74 Å². The molecule has 0 amide bonds. The van der Waals surface area contributed by atoms with Gasteiger partial charge in [0.05, 0.1) is 28.6 Å². The van der Waals surface area contributed by atoms with Crippen molar-refractivity contribution in [1.82, 2.24) is 0 Å². The number of epoxide rings is 1. The zero-order valence-electron chi connectivity index (χ0n) is 17.8. The molecule has 166 valence electrons. The maximum atomic E-state index is 13.0. The number of rotatable bonds is 5. The summed E-state index contributed by atoms with van der Waals surface area (Å²) in [6.45, 7) is 6.45. The van der Waals surface area contributed by atoms with Crippen LogP contribution in [0, 0.1) is 33.3 Å². The Bertz CT molecular complexity index is 927. The van der Waals surface area contributed by atoms with Gasteiger partial charge < -0.3 is 9.84 Å². The molecule has 0 aromatic heterocycles. The van der Waals surface area contributed by atoms with Gasteiger partial charge in [0, 0.05) is 12.1 Å². The first-order valence-corrected chi connectivity index (χ1v) is 12.5. The predicted octanol–water partition coefficient (Wildman–Crippen LogP) is 3.49. The maximum absolute atomic E-state index is 13.0. The largest absolute Gasteiger partial charge is 0.390 e. The fourth-order valence-electron chi connectivity index (χ4n) is 5.82. The second-order valence-corrected chi connectivity index (χ2v) is 12.4. The van der Waals surface area contributed by atoms with Gasteiger partial charge in [0.25, 0.3) is 5.69 Å². The average molecular weight is 438 g/mol. The topological polar surface area (TPSA) is 110 Å². The Morgan fingerprint density at radius 1 is 1.20 bits per heavy atom. The third-order valence-corrected chi connectivity index (χ3v) is 9.52. The SMILES string of the molecule is CC1(C)C[C@@H]2[C@H](CS(=O)(=O)Cc3ccc([N+](=O)[O-])cc3)CC[C@@H](O)[C@@]3(C)O[C@H]3C[C@H]21. The highest BCUT2D eigenvalue weighted by molar-refractivity contribution is 7.90. The molecular formula is C22H31NO6S. The summed E-state index contributed by atoms with van der Waals surface area (Å²) in [5, 5.41) is 21.4. The van der Waals surface area contributed by atoms with Crippen molar-refractivity contribution in [2.24, 2.45) is 23.2 Å². The molecule has 3 aliphatic rings. The van der Waals surface area contributed by atoms with Crippen LogP contribution in [0.25, 0.3) is 0 Å². The van der Waals surface area contributed by atoms with Crippen LogP contribution in [-0.4, -0.2) is 42.0 Å². The van der Waals surface area contributed by atoms with Crippen molar-refractivity contribution in [3.05, 3.63) is 39.9 Å². The van der Waals surface area contributed by atoms with E-state index in [1.165, 1.54) is 24.3 Å². The molecule has 1 aliphatic heterocycles. The molecule has 8 heteroatoms. The van der Waals surface area contributed by atoms with Crippen LogP contribution in [0.15, 0.2) is 24.3 Å². The van der Waals surface area contributed by atoms with Crippen LogP contribution < -0.4 is 0 Å². The van der Waals surface area contributed by atoms with Crippen LogP contribution in [0.2, 0.25) is 0 Å². The fourth-order valence-corrected chi connectivity index (χ4v) is 7.70. The van der Waals surface area contributed by atoms with Crippen molar-refractivity contribution in [2.45, 2.75) is 70.0 Å². The van der Waals surface area contributed by atoms with Gasteiger partial charge >= 0.3 is 0 Å². The molecule has 0 radical (unpaired) electrons. The van der Waals surface area contributed by atoms with E-state index in [0.29, 0.717) is 30.2 Å². The lowest BCUT2D eigenvalue weighted by atomic mass is 9.51. The van der Waals surface area contributed by atoms with Crippen LogP contribution in [-0.2, 0) is 20.3 Å². The lowest BCUT2D eigenvalue weighted by Gasteiger charge is -2.55. The van der Waals surface area contributed by atoms with Crippen molar-refractivity contribution in [1.29, 1.82) is 0 Å². The molecule has 2 aliphatic carbocycles. The van der Waals surface area contributed by atoms with Crippen LogP contribution in [0.1, 0.15) is 52.0 Å². The molecule has 30 heavy (non-hydrogen) atoms. The summed E-state index contributed by atoms with van der Waals surface area (Å²) in [5.41, 5.74) is 0.196. The number of hydrogen-bond acceptors (Lipinski definition) is 6. The van der Waals surface area contributed by atoms with Gasteiger partial charge in [-0.3, -0.25) is 10.1 Å². The summed E-state index contributed by atoms with van der Waals surface area (Å²) in [6, 6.07) is 5.73. The molecule has 3 fully saturated rings. The average Bonchev–Trinajstić information content (AvgIpc) is 3.32. The quantitative estimate of drug-likeness (QED) is 0.429. The molecule has 4 rings (SSSR count). The fraction of sp³-hybridized carbons (Fsp3) is 0.727. The minimum atomic E-state index is -3.38. The molecule has 1 saturated heterocycles. The van der Waals surface area contributed by atoms with Gasteiger partial charge in [-0.15, -0.1) is 0 Å². The molecule has 1 heterocycles. The van der Waals surface area contributed by atoms with Gasteiger partial charge in [-0.05, 0) is 61.3 Å². The highest BCUT2D eigenvalue weighted by Crippen LogP contribution is 2.60. The standard InChI is InChI=1S/C22H31NO6S/c1-21(2)11-17-15(6-9-19(24)22(3)20(29-22)10-18(17)21)13-30(27,28)12-14-4-7-16(8-5-14)23(25)26/h4-5,7-8,15,17-20,24H,6,9-13H2,1-3H3/t15-,17+,18+,19+,20-,22+/m0/s1. The van der Waals surface area contributed by atoms with Gasteiger partial charge in [0.1, 0.15) is 5.60 Å². The highest BCUT2D eigenvalue weighted by Gasteiger charge is 2.62. The first kappa shape index (κ1) is 21.7. The number of fused-ring (bicyclic) bond motifs is 2. The minimum Gasteiger partial charge on any atom is -0.390 e. The molecule has 0 bridgehead atoms. The lowest BCUT2D eigenvalue weighted by Crippen LogP contribution is -2.49. The van der Waals surface area contributed by atoms with Gasteiger partial charge in [-0.1, -0.05) is 26.0 Å². The summed E-state index contributed by atoms with van der Waals surface area (Å²) in [4.78, 5) is 10.3. The van der Waals surface area contributed by atoms with Crippen molar-refractivity contribution in [3.63, 3.8) is 0 Å². The number of sulfone groups is 1. The summed E-state index contributed by atoms with van der Waals surface area (Å²) in [5.74, 6) is 0.714. The van der Waals surface area contributed by atoms with Crippen molar-refractivity contribution >= 4 is 15.5 Å². The number of non-ortho nitro benzene ring substituents is 1. The summed E-state index contributed by atoms with van der Waals surface area (Å²) in [7, 11) is -3.38. The normalized spacial score (nSPS) is 37.5. The molecule has 2 saturated carbocycles. The van der Waals surface area contributed by atoms with E-state index < -0.39 is 26.5 Å². The van der Waals surface area contributed by atoms with Crippen LogP contribution in [0.4, 0.5) is 5.69 Å². The molecule has 7 nitrogen and oxygen atoms in total. The number of aliphatic hydroxyl groups excluding tert-OH is 1. The van der Waals surface area contributed by atoms with E-state index in [1.54, 1.807) is 0 Å². The molecule has 1 aromatic rings. The molecule has 1 N–H and O–H groups in total. The van der Waals surface area contributed by atoms with Gasteiger partial charge in [0.15, 0.2) is 9.84 Å². The first-order valence-electron chi connectivity index (χ1n) is 10.7. The summed E-state index contributed by atoms with van der Waals surface area (Å²) < 4.78 is 31.9. The maximum Gasteiger partial charge on any atom is 0.269 e. The van der Waals surface area contributed by atoms with Crippen molar-refractivity contribution in [3.8, 4) is 0 Å². The van der Waals surface area contributed by atoms with Gasteiger partial charge in [0.2, 0.25) is 0 Å². The number of nitro groups is 1. The van der Waals surface area contributed by atoms with Crippen molar-refractivity contribution in [2.75, 3.05) is 5.75 Å². The Labute approximate surface area is 177 Å². The zero-order valence-corrected chi connectivity index (χ0v) is 18.6. The smallest absolute Gasteiger partial charge is 0.269 e. The van der Waals surface area contributed by atoms with Gasteiger partial charge in [-0.25, -0.2) is 8.42 Å². The molecule has 0 spiro atoms. The number of nitrogens with zero attached hydrogens (tertiary/aromatic N) is 1. The second-order valence-electron chi connectivity index (χ2n) is 10.3. The van der Waals surface area contributed by atoms with E-state index in [-0.39, 0.29) is 34.6 Å². The molecule has 6 atom stereocenters. The van der Waals surface area contributed by atoms with Crippen molar-refractivity contribution < 1.29 is 23.2 Å². The Hall–Kier alpha value is -1.51. The number of hydrogen-bond donors (Lipinski definition) is 1. The lowest BCUT2D eigenvalue weighted by molar-refractivity contribution is -0.384. The Balaban J connectivity index is 1.49. The highest BCUT2D eigenvalue weighted by atomic mass is 32.2. The number of ether oxygens (including phenoxy) is 1. The second kappa shape index (κ2) is 7.28. The van der Waals surface area contributed by atoms with E-state index in [0.717, 1.165) is 12.8 Å². The molecular weight excluding hydrogens is 406 g/mol. The predicted molar refractivity (Wildman–Crippen MR) is 113 cm³/mol. The van der Waals surface area contributed by atoms with Crippen LogP contribution in [0.5, 0.6) is 0 Å². The third kappa shape index (κ3) is 4.01. The minimum absolute atomic E-state index is 0.0156. The molecule has 1 aromatic carbocycles. The number of benzene rings is 1. The van der Waals surface area contributed by atoms with Gasteiger partial charge in [-0.2, -0.15) is 0 Å². The number of aliphatic hydroxyl groups is 1. The van der Waals surface area contributed by atoms with E-state index >= 15 is 0 Å². The zero-order chi connectivity index (χ0) is 21.9. The van der Waals surface area contributed by atoms with E-state index in [2.05, 4.69) is 13.8 Å². The third-order valence-electron chi connectivity index (χ3n) is 7.81. The monoisotopic (exact) mass is 437 g/mol. The van der Waals surface area contributed by atoms with Crippen LogP contribution in [0.3, 0.4) is 0 Å². The Morgan fingerprint density at radius 2 is 1.87 bits per heavy atom. The first-order chi connectivity index (χ1) is 13.9. The van der Waals surface area contributed by atoms with E-state index in [9.17, 15) is 23.6 Å². The molecule has 0 unspecified atom stereocenters. The van der Waals surface area contributed by atoms with Crippen LogP contribution >= 0.6 is 0 Å². The van der Waals surface area contributed by atoms with E-state index in [1.807, 2.05) is 6.92 Å². The number of nitro benzene ring substituents is 1. The Kier molecular flexibility index (Phi) is 5.27. The summed E-state index contributed by atoms with van der Waals surface area (Å²) in [6.07, 6.45) is 2.59. The summed E-state index contributed by atoms with van der Waals surface area (Å²) >= 11 is 0. The Morgan fingerprint density at radius 3 is 2.47 bits per heavy atom.